The maximum Gasteiger partial charge on any atom is 0.222 e. The van der Waals surface area contributed by atoms with Crippen LogP contribution < -0.4 is 9.47 Å². The van der Waals surface area contributed by atoms with Crippen LogP contribution in [-0.2, 0) is 4.79 Å². The van der Waals surface area contributed by atoms with Crippen LogP contribution >= 0.6 is 11.6 Å². The van der Waals surface area contributed by atoms with E-state index in [9.17, 15) is 4.79 Å². The SMILES string of the molecule is COc1ccc(C2=NC(c3ccccc3)=NCC2CC(=O)Cl)cc1OC. The quantitative estimate of drug-likeness (QED) is 0.728. The Bertz CT molecular complexity index is 863. The van der Waals surface area contributed by atoms with Crippen molar-refractivity contribution in [2.24, 2.45) is 15.9 Å². The zero-order valence-electron chi connectivity index (χ0n) is 14.6. The molecule has 1 aliphatic rings. The number of benzene rings is 2. The summed E-state index contributed by atoms with van der Waals surface area (Å²) in [6, 6.07) is 15.3. The first-order chi connectivity index (χ1) is 12.6. The first-order valence-electron chi connectivity index (χ1n) is 8.21. The third kappa shape index (κ3) is 3.94. The number of hydrogen-bond donors (Lipinski definition) is 0. The van der Waals surface area contributed by atoms with Crippen LogP contribution in [0.5, 0.6) is 11.5 Å². The van der Waals surface area contributed by atoms with E-state index in [0.29, 0.717) is 23.9 Å². The molecule has 1 atom stereocenters. The standard InChI is InChI=1S/C20H19ClN2O3/c1-25-16-9-8-14(10-17(16)26-2)19-15(11-18(21)24)12-22-20(23-19)13-6-4-3-5-7-13/h3-10,15H,11-12H2,1-2H3. The lowest BCUT2D eigenvalue weighted by atomic mass is 9.92. The molecular formula is C20H19ClN2O3. The van der Waals surface area contributed by atoms with Crippen LogP contribution in [0.3, 0.4) is 0 Å². The fourth-order valence-corrected chi connectivity index (χ4v) is 3.10. The summed E-state index contributed by atoms with van der Waals surface area (Å²) in [7, 11) is 3.17. The van der Waals surface area contributed by atoms with Gasteiger partial charge in [0.2, 0.25) is 5.24 Å². The van der Waals surface area contributed by atoms with Crippen molar-refractivity contribution in [3.05, 3.63) is 59.7 Å². The van der Waals surface area contributed by atoms with Crippen molar-refractivity contribution in [3.63, 3.8) is 0 Å². The molecule has 2 aromatic rings. The van der Waals surface area contributed by atoms with Crippen LogP contribution in [0.1, 0.15) is 17.5 Å². The highest BCUT2D eigenvalue weighted by Crippen LogP contribution is 2.30. The van der Waals surface area contributed by atoms with E-state index >= 15 is 0 Å². The van der Waals surface area contributed by atoms with E-state index in [1.807, 2.05) is 48.5 Å². The fourth-order valence-electron chi connectivity index (χ4n) is 2.92. The number of halogens is 1. The molecule has 0 N–H and O–H groups in total. The highest BCUT2D eigenvalue weighted by Gasteiger charge is 2.25. The van der Waals surface area contributed by atoms with Crippen LogP contribution in [0.25, 0.3) is 0 Å². The molecule has 1 heterocycles. The van der Waals surface area contributed by atoms with Crippen molar-refractivity contribution in [2.75, 3.05) is 20.8 Å². The lowest BCUT2D eigenvalue weighted by Crippen LogP contribution is -2.27. The van der Waals surface area contributed by atoms with E-state index in [-0.39, 0.29) is 12.3 Å². The predicted molar refractivity (Wildman–Crippen MR) is 103 cm³/mol. The predicted octanol–water partition coefficient (Wildman–Crippen LogP) is 3.73. The number of carbonyl (C=O) groups is 1. The zero-order chi connectivity index (χ0) is 18.5. The third-order valence-corrected chi connectivity index (χ3v) is 4.35. The normalized spacial score (nSPS) is 16.5. The van der Waals surface area contributed by atoms with Crippen LogP contribution in [0.4, 0.5) is 0 Å². The first-order valence-corrected chi connectivity index (χ1v) is 8.59. The summed E-state index contributed by atoms with van der Waals surface area (Å²) >= 11 is 5.64. The van der Waals surface area contributed by atoms with E-state index in [2.05, 4.69) is 4.99 Å². The van der Waals surface area contributed by atoms with E-state index < -0.39 is 5.24 Å². The summed E-state index contributed by atoms with van der Waals surface area (Å²) < 4.78 is 10.7. The Hall–Kier alpha value is -2.66. The molecular weight excluding hydrogens is 352 g/mol. The molecule has 0 spiro atoms. The van der Waals surface area contributed by atoms with Gasteiger partial charge in [0.15, 0.2) is 17.3 Å². The number of ether oxygens (including phenoxy) is 2. The van der Waals surface area contributed by atoms with Crippen LogP contribution in [-0.4, -0.2) is 37.6 Å². The molecule has 0 saturated heterocycles. The van der Waals surface area contributed by atoms with Crippen molar-refractivity contribution in [1.82, 2.24) is 0 Å². The van der Waals surface area contributed by atoms with Gasteiger partial charge in [0, 0.05) is 23.5 Å². The van der Waals surface area contributed by atoms with Gasteiger partial charge in [-0.15, -0.1) is 0 Å². The topological polar surface area (TPSA) is 60.2 Å². The number of nitrogens with zero attached hydrogens (tertiary/aromatic N) is 2. The second-order valence-corrected chi connectivity index (χ2v) is 6.27. The smallest absolute Gasteiger partial charge is 0.222 e. The number of carbonyl (C=O) groups excluding carboxylic acids is 1. The Morgan fingerprint density at radius 3 is 2.46 bits per heavy atom. The minimum absolute atomic E-state index is 0.175. The lowest BCUT2D eigenvalue weighted by Gasteiger charge is -2.22. The molecule has 0 fully saturated rings. The zero-order valence-corrected chi connectivity index (χ0v) is 15.4. The van der Waals surface area contributed by atoms with Crippen LogP contribution in [0.15, 0.2) is 58.5 Å². The van der Waals surface area contributed by atoms with Crippen molar-refractivity contribution in [2.45, 2.75) is 6.42 Å². The van der Waals surface area contributed by atoms with Gasteiger partial charge in [-0.3, -0.25) is 9.79 Å². The van der Waals surface area contributed by atoms with Gasteiger partial charge in [-0.25, -0.2) is 4.99 Å². The molecule has 26 heavy (non-hydrogen) atoms. The Morgan fingerprint density at radius 1 is 1.08 bits per heavy atom. The van der Waals surface area contributed by atoms with Gasteiger partial charge < -0.3 is 9.47 Å². The van der Waals surface area contributed by atoms with E-state index in [4.69, 9.17) is 26.1 Å². The first kappa shape index (κ1) is 18.1. The molecule has 1 unspecified atom stereocenters. The van der Waals surface area contributed by atoms with E-state index in [1.54, 1.807) is 14.2 Å². The molecule has 1 aliphatic heterocycles. The van der Waals surface area contributed by atoms with Gasteiger partial charge in [0.05, 0.1) is 26.5 Å². The highest BCUT2D eigenvalue weighted by atomic mass is 35.5. The van der Waals surface area contributed by atoms with E-state index in [0.717, 1.165) is 16.8 Å². The third-order valence-electron chi connectivity index (χ3n) is 4.19. The fraction of sp³-hybridized carbons (Fsp3) is 0.250. The number of hydrogen-bond acceptors (Lipinski definition) is 5. The molecule has 0 aliphatic carbocycles. The van der Waals surface area contributed by atoms with Gasteiger partial charge in [-0.05, 0) is 29.8 Å². The lowest BCUT2D eigenvalue weighted by molar-refractivity contribution is -0.112. The average molecular weight is 371 g/mol. The molecule has 2 aromatic carbocycles. The Balaban J connectivity index is 2.04. The van der Waals surface area contributed by atoms with Crippen molar-refractivity contribution >= 4 is 28.4 Å². The molecule has 0 aromatic heterocycles. The number of amidine groups is 1. The van der Waals surface area contributed by atoms with Gasteiger partial charge in [-0.1, -0.05) is 30.3 Å². The second kappa shape index (κ2) is 8.15. The Morgan fingerprint density at radius 2 is 1.81 bits per heavy atom. The largest absolute Gasteiger partial charge is 0.493 e. The summed E-state index contributed by atoms with van der Waals surface area (Å²) in [4.78, 5) is 20.8. The molecule has 6 heteroatoms. The Labute approximate surface area is 157 Å². The highest BCUT2D eigenvalue weighted by molar-refractivity contribution is 6.63. The molecule has 3 rings (SSSR count). The summed E-state index contributed by atoms with van der Waals surface area (Å²) in [5.41, 5.74) is 2.56. The molecule has 0 saturated carbocycles. The van der Waals surface area contributed by atoms with Gasteiger partial charge in [-0.2, -0.15) is 0 Å². The van der Waals surface area contributed by atoms with Crippen molar-refractivity contribution in [1.29, 1.82) is 0 Å². The summed E-state index contributed by atoms with van der Waals surface area (Å²) in [5, 5.41) is -0.401. The molecule has 0 radical (unpaired) electrons. The Kier molecular flexibility index (Phi) is 5.68. The minimum atomic E-state index is -0.401. The molecule has 5 nitrogen and oxygen atoms in total. The summed E-state index contributed by atoms with van der Waals surface area (Å²) in [6.45, 7) is 0.454. The molecule has 0 amide bonds. The summed E-state index contributed by atoms with van der Waals surface area (Å²) in [6.07, 6.45) is 0.181. The van der Waals surface area contributed by atoms with Gasteiger partial charge in [0.1, 0.15) is 0 Å². The average Bonchev–Trinajstić information content (AvgIpc) is 2.68. The van der Waals surface area contributed by atoms with Gasteiger partial charge in [0.25, 0.3) is 0 Å². The molecule has 134 valence electrons. The molecule has 0 bridgehead atoms. The van der Waals surface area contributed by atoms with Crippen LogP contribution in [0.2, 0.25) is 0 Å². The monoisotopic (exact) mass is 370 g/mol. The minimum Gasteiger partial charge on any atom is -0.493 e. The second-order valence-electron chi connectivity index (χ2n) is 5.85. The van der Waals surface area contributed by atoms with Gasteiger partial charge >= 0.3 is 0 Å². The van der Waals surface area contributed by atoms with Crippen molar-refractivity contribution < 1.29 is 14.3 Å². The van der Waals surface area contributed by atoms with Crippen LogP contribution in [0, 0.1) is 5.92 Å². The van der Waals surface area contributed by atoms with E-state index in [1.165, 1.54) is 0 Å². The maximum atomic E-state index is 11.5. The number of rotatable bonds is 6. The number of methoxy groups -OCH3 is 2. The number of aliphatic imine (C=N–C) groups is 2. The van der Waals surface area contributed by atoms with Crippen molar-refractivity contribution in [3.8, 4) is 11.5 Å². The summed E-state index contributed by atoms with van der Waals surface area (Å²) in [5.74, 6) is 1.71. The maximum absolute atomic E-state index is 11.5.